The van der Waals surface area contributed by atoms with Gasteiger partial charge in [-0.1, -0.05) is 30.3 Å². The van der Waals surface area contributed by atoms with Gasteiger partial charge in [-0.05, 0) is 35.9 Å². The van der Waals surface area contributed by atoms with E-state index in [0.717, 1.165) is 22.3 Å². The van der Waals surface area contributed by atoms with E-state index < -0.39 is 0 Å². The smallest absolute Gasteiger partial charge is 0.0894 e. The average molecular weight is 275 g/mol. The molecule has 0 amide bonds. The van der Waals surface area contributed by atoms with Gasteiger partial charge in [-0.3, -0.25) is 4.98 Å². The quantitative estimate of drug-likeness (QED) is 0.726. The number of nitrogens with zero attached hydrogens (tertiary/aromatic N) is 3. The molecule has 0 N–H and O–H groups in total. The van der Waals surface area contributed by atoms with Gasteiger partial charge in [0.1, 0.15) is 0 Å². The van der Waals surface area contributed by atoms with Crippen LogP contribution in [0, 0.1) is 0 Å². The molecule has 1 heterocycles. The van der Waals surface area contributed by atoms with Crippen LogP contribution in [0.2, 0.25) is 0 Å². The Morgan fingerprint density at radius 3 is 2.29 bits per heavy atom. The molecule has 2 aromatic carbocycles. The average Bonchev–Trinajstić information content (AvgIpc) is 2.53. The zero-order valence-corrected chi connectivity index (χ0v) is 12.2. The van der Waals surface area contributed by atoms with Crippen molar-refractivity contribution in [3.8, 4) is 0 Å². The first-order valence-corrected chi connectivity index (χ1v) is 6.90. The van der Waals surface area contributed by atoms with Crippen molar-refractivity contribution in [1.82, 2.24) is 9.97 Å². The van der Waals surface area contributed by atoms with Gasteiger partial charge in [-0.15, -0.1) is 0 Å². The van der Waals surface area contributed by atoms with E-state index in [4.69, 9.17) is 0 Å². The normalized spacial score (nSPS) is 11.1. The second-order valence-corrected chi connectivity index (χ2v) is 5.10. The van der Waals surface area contributed by atoms with Crippen LogP contribution in [0.5, 0.6) is 0 Å². The Labute approximate surface area is 124 Å². The predicted octanol–water partition coefficient (Wildman–Crippen LogP) is 3.87. The number of hydrogen-bond donors (Lipinski definition) is 0. The minimum atomic E-state index is 0.866. The molecular formula is C18H17N3. The SMILES string of the molecule is CN(C)c1ccc(C=Cc2cnc3ccccc3n2)cc1. The van der Waals surface area contributed by atoms with E-state index in [1.54, 1.807) is 6.20 Å². The van der Waals surface area contributed by atoms with Gasteiger partial charge in [0.15, 0.2) is 0 Å². The first-order valence-electron chi connectivity index (χ1n) is 6.90. The number of aromatic nitrogens is 2. The van der Waals surface area contributed by atoms with Crippen molar-refractivity contribution in [2.45, 2.75) is 0 Å². The number of benzene rings is 2. The summed E-state index contributed by atoms with van der Waals surface area (Å²) < 4.78 is 0. The Morgan fingerprint density at radius 2 is 1.57 bits per heavy atom. The van der Waals surface area contributed by atoms with Crippen molar-refractivity contribution in [2.75, 3.05) is 19.0 Å². The minimum absolute atomic E-state index is 0.866. The number of para-hydroxylation sites is 2. The minimum Gasteiger partial charge on any atom is -0.378 e. The fourth-order valence-electron chi connectivity index (χ4n) is 2.12. The first-order chi connectivity index (χ1) is 10.2. The van der Waals surface area contributed by atoms with E-state index in [1.165, 1.54) is 5.69 Å². The first kappa shape index (κ1) is 13.3. The van der Waals surface area contributed by atoms with Crippen molar-refractivity contribution in [3.63, 3.8) is 0 Å². The van der Waals surface area contributed by atoms with Gasteiger partial charge >= 0.3 is 0 Å². The molecule has 0 unspecified atom stereocenters. The van der Waals surface area contributed by atoms with E-state index in [9.17, 15) is 0 Å². The highest BCUT2D eigenvalue weighted by molar-refractivity contribution is 5.76. The van der Waals surface area contributed by atoms with Gasteiger partial charge in [0.25, 0.3) is 0 Å². The molecule has 0 aliphatic carbocycles. The fourth-order valence-corrected chi connectivity index (χ4v) is 2.12. The van der Waals surface area contributed by atoms with Gasteiger partial charge in [0.05, 0.1) is 22.9 Å². The molecule has 3 rings (SSSR count). The molecular weight excluding hydrogens is 258 g/mol. The molecule has 0 spiro atoms. The summed E-state index contributed by atoms with van der Waals surface area (Å²) in [6.45, 7) is 0. The molecule has 104 valence electrons. The van der Waals surface area contributed by atoms with E-state index in [2.05, 4.69) is 45.2 Å². The Hall–Kier alpha value is -2.68. The zero-order valence-electron chi connectivity index (χ0n) is 12.2. The zero-order chi connectivity index (χ0) is 14.7. The van der Waals surface area contributed by atoms with E-state index >= 15 is 0 Å². The lowest BCUT2D eigenvalue weighted by Crippen LogP contribution is -2.07. The third-order valence-corrected chi connectivity index (χ3v) is 3.32. The maximum absolute atomic E-state index is 4.58. The van der Waals surface area contributed by atoms with Crippen LogP contribution in [0.25, 0.3) is 23.2 Å². The lowest BCUT2D eigenvalue weighted by atomic mass is 10.2. The Kier molecular flexibility index (Phi) is 3.65. The number of anilines is 1. The van der Waals surface area contributed by atoms with Crippen LogP contribution in [0.1, 0.15) is 11.3 Å². The Bertz CT molecular complexity index is 774. The molecule has 0 aliphatic heterocycles. The summed E-state index contributed by atoms with van der Waals surface area (Å²) in [5, 5.41) is 0. The van der Waals surface area contributed by atoms with E-state index in [-0.39, 0.29) is 0 Å². The second-order valence-electron chi connectivity index (χ2n) is 5.10. The third-order valence-electron chi connectivity index (χ3n) is 3.32. The number of hydrogen-bond acceptors (Lipinski definition) is 3. The van der Waals surface area contributed by atoms with E-state index in [0.29, 0.717) is 0 Å². The molecule has 0 saturated heterocycles. The van der Waals surface area contributed by atoms with Crippen LogP contribution < -0.4 is 4.90 Å². The lowest BCUT2D eigenvalue weighted by Gasteiger charge is -2.11. The summed E-state index contributed by atoms with van der Waals surface area (Å²) in [4.78, 5) is 11.1. The molecule has 0 atom stereocenters. The van der Waals surface area contributed by atoms with Crippen LogP contribution in [0.15, 0.2) is 54.7 Å². The summed E-state index contributed by atoms with van der Waals surface area (Å²) in [6, 6.07) is 16.3. The number of rotatable bonds is 3. The van der Waals surface area contributed by atoms with Crippen LogP contribution in [-0.4, -0.2) is 24.1 Å². The maximum Gasteiger partial charge on any atom is 0.0894 e. The second kappa shape index (κ2) is 5.75. The predicted molar refractivity (Wildman–Crippen MR) is 89.2 cm³/mol. The van der Waals surface area contributed by atoms with Crippen molar-refractivity contribution in [3.05, 3.63) is 66.0 Å². The Balaban J connectivity index is 1.83. The monoisotopic (exact) mass is 275 g/mol. The molecule has 0 fully saturated rings. The highest BCUT2D eigenvalue weighted by Gasteiger charge is 1.97. The summed E-state index contributed by atoms with van der Waals surface area (Å²) >= 11 is 0. The molecule has 0 bridgehead atoms. The van der Waals surface area contributed by atoms with Gasteiger partial charge in [0, 0.05) is 19.8 Å². The van der Waals surface area contributed by atoms with Gasteiger partial charge < -0.3 is 4.90 Å². The largest absolute Gasteiger partial charge is 0.378 e. The number of fused-ring (bicyclic) bond motifs is 1. The third kappa shape index (κ3) is 3.08. The standard InChI is InChI=1S/C18H17N3/c1-21(2)16-11-8-14(9-12-16)7-10-15-13-19-17-5-3-4-6-18(17)20-15/h3-13H,1-2H3. The summed E-state index contributed by atoms with van der Waals surface area (Å²) in [6.07, 6.45) is 5.84. The summed E-state index contributed by atoms with van der Waals surface area (Å²) in [5.74, 6) is 0. The van der Waals surface area contributed by atoms with Crippen LogP contribution >= 0.6 is 0 Å². The fraction of sp³-hybridized carbons (Fsp3) is 0.111. The molecule has 3 nitrogen and oxygen atoms in total. The van der Waals surface area contributed by atoms with Gasteiger partial charge in [-0.25, -0.2) is 4.98 Å². The molecule has 0 saturated carbocycles. The van der Waals surface area contributed by atoms with Crippen LogP contribution in [-0.2, 0) is 0 Å². The molecule has 0 radical (unpaired) electrons. The van der Waals surface area contributed by atoms with Crippen molar-refractivity contribution in [2.24, 2.45) is 0 Å². The molecule has 3 aromatic rings. The lowest BCUT2D eigenvalue weighted by molar-refractivity contribution is 1.13. The van der Waals surface area contributed by atoms with Crippen molar-refractivity contribution >= 4 is 28.9 Å². The molecule has 3 heteroatoms. The van der Waals surface area contributed by atoms with E-state index in [1.807, 2.05) is 44.4 Å². The van der Waals surface area contributed by atoms with Crippen LogP contribution in [0.3, 0.4) is 0 Å². The van der Waals surface area contributed by atoms with Crippen molar-refractivity contribution < 1.29 is 0 Å². The summed E-state index contributed by atoms with van der Waals surface area (Å²) in [7, 11) is 4.07. The molecule has 0 aliphatic rings. The highest BCUT2D eigenvalue weighted by atomic mass is 15.1. The maximum atomic E-state index is 4.58. The molecule has 1 aromatic heterocycles. The summed E-state index contributed by atoms with van der Waals surface area (Å²) in [5.41, 5.74) is 5.05. The highest BCUT2D eigenvalue weighted by Crippen LogP contribution is 2.15. The Morgan fingerprint density at radius 1 is 0.857 bits per heavy atom. The molecule has 21 heavy (non-hydrogen) atoms. The van der Waals surface area contributed by atoms with Crippen LogP contribution in [0.4, 0.5) is 5.69 Å². The van der Waals surface area contributed by atoms with Gasteiger partial charge in [0.2, 0.25) is 0 Å². The van der Waals surface area contributed by atoms with Crippen molar-refractivity contribution in [1.29, 1.82) is 0 Å². The topological polar surface area (TPSA) is 29.0 Å². The van der Waals surface area contributed by atoms with Gasteiger partial charge in [-0.2, -0.15) is 0 Å².